The van der Waals surface area contributed by atoms with Gasteiger partial charge in [-0.15, -0.1) is 0 Å². The molecule has 2 aromatic heterocycles. The Kier molecular flexibility index (Phi) is 6.78. The summed E-state index contributed by atoms with van der Waals surface area (Å²) in [6.07, 6.45) is 7.18. The smallest absolute Gasteiger partial charge is 0.158 e. The van der Waals surface area contributed by atoms with Crippen LogP contribution in [0.5, 0.6) is 0 Å². The van der Waals surface area contributed by atoms with Crippen molar-refractivity contribution in [2.45, 2.75) is 52.5 Å². The Balaban J connectivity index is 0.000000197. The quantitative estimate of drug-likeness (QED) is 0.509. The Morgan fingerprint density at radius 2 is 2.00 bits per heavy atom. The number of fused-ring (bicyclic) bond motifs is 1. The molecule has 1 unspecified atom stereocenters. The van der Waals surface area contributed by atoms with Crippen LogP contribution in [0.3, 0.4) is 0 Å². The van der Waals surface area contributed by atoms with Gasteiger partial charge in [-0.3, -0.25) is 4.79 Å². The molecule has 1 saturated carbocycles. The maximum atomic E-state index is 10.7. The number of hydrogen-bond donors (Lipinski definition) is 0. The topological polar surface area (TPSA) is 47.8 Å². The van der Waals surface area contributed by atoms with E-state index in [9.17, 15) is 4.79 Å². The third kappa shape index (κ3) is 4.83. The normalized spacial score (nSPS) is 16.4. The zero-order valence-corrected chi connectivity index (χ0v) is 17.6. The summed E-state index contributed by atoms with van der Waals surface area (Å²) in [6.45, 7) is 5.08. The van der Waals surface area contributed by atoms with Gasteiger partial charge in [-0.05, 0) is 41.3 Å². The Labute approximate surface area is 169 Å². The van der Waals surface area contributed by atoms with Crippen LogP contribution in [0.25, 0.3) is 22.3 Å². The summed E-state index contributed by atoms with van der Waals surface area (Å²) < 4.78 is 2.91. The molecule has 0 amide bonds. The second kappa shape index (κ2) is 9.27. The van der Waals surface area contributed by atoms with Gasteiger partial charge in [-0.2, -0.15) is 5.10 Å². The Hall–Kier alpha value is -2.01. The molecule has 3 aromatic rings. The van der Waals surface area contributed by atoms with Crippen molar-refractivity contribution in [1.29, 1.82) is 0 Å². The standard InChI is InChI=1S/C14H12BrN3.C8H14O/c1-2-18-14-12(8-11(15)9-16-14)13(17-18)10-6-4-3-5-7-10;1-2-3-7-4-5-8(9)6-7/h3-9H,2H2,1H3;7H,2-6H2,1H3. The molecule has 0 N–H and O–H groups in total. The first kappa shape index (κ1) is 19.7. The number of nitrogens with zero attached hydrogens (tertiary/aromatic N) is 3. The Morgan fingerprint density at radius 3 is 2.63 bits per heavy atom. The lowest BCUT2D eigenvalue weighted by atomic mass is 10.0. The van der Waals surface area contributed by atoms with Crippen molar-refractivity contribution in [3.63, 3.8) is 0 Å². The van der Waals surface area contributed by atoms with Crippen LogP contribution in [0.15, 0.2) is 47.1 Å². The number of benzene rings is 1. The number of aromatic nitrogens is 3. The summed E-state index contributed by atoms with van der Waals surface area (Å²) in [6, 6.07) is 12.3. The van der Waals surface area contributed by atoms with E-state index >= 15 is 0 Å². The third-order valence-corrected chi connectivity index (χ3v) is 5.38. The van der Waals surface area contributed by atoms with Crippen molar-refractivity contribution in [1.82, 2.24) is 14.8 Å². The van der Waals surface area contributed by atoms with Gasteiger partial charge in [0.15, 0.2) is 5.65 Å². The fourth-order valence-corrected chi connectivity index (χ4v) is 3.94. The van der Waals surface area contributed by atoms with E-state index in [4.69, 9.17) is 0 Å². The molecule has 1 aliphatic carbocycles. The molecule has 5 heteroatoms. The van der Waals surface area contributed by atoms with E-state index in [0.717, 1.165) is 58.5 Å². The summed E-state index contributed by atoms with van der Waals surface area (Å²) in [4.78, 5) is 15.2. The SMILES string of the molecule is CCCC1CCC(=O)C1.CCn1nc(-c2ccccc2)c2cc(Br)cnc21. The molecule has 142 valence electrons. The van der Waals surface area contributed by atoms with Gasteiger partial charge in [0.1, 0.15) is 11.5 Å². The van der Waals surface area contributed by atoms with Crippen LogP contribution in [0.4, 0.5) is 0 Å². The predicted octanol–water partition coefficient (Wildman–Crippen LogP) is 6.04. The largest absolute Gasteiger partial charge is 0.300 e. The highest BCUT2D eigenvalue weighted by atomic mass is 79.9. The summed E-state index contributed by atoms with van der Waals surface area (Å²) in [7, 11) is 0. The summed E-state index contributed by atoms with van der Waals surface area (Å²) in [5.41, 5.74) is 3.04. The molecule has 2 heterocycles. The number of hydrogen-bond acceptors (Lipinski definition) is 3. The molecule has 0 aliphatic heterocycles. The molecular formula is C22H26BrN3O. The lowest BCUT2D eigenvalue weighted by molar-refractivity contribution is -0.117. The lowest BCUT2D eigenvalue weighted by Gasteiger charge is -2.02. The van der Waals surface area contributed by atoms with Crippen LogP contribution in [-0.2, 0) is 11.3 Å². The van der Waals surface area contributed by atoms with Crippen LogP contribution in [0.2, 0.25) is 0 Å². The molecule has 0 saturated heterocycles. The van der Waals surface area contributed by atoms with Crippen LogP contribution in [-0.4, -0.2) is 20.5 Å². The number of carbonyl (C=O) groups excluding carboxylic acids is 1. The first-order valence-electron chi connectivity index (χ1n) is 9.71. The molecule has 4 rings (SSSR count). The van der Waals surface area contributed by atoms with Crippen molar-refractivity contribution in [3.8, 4) is 11.3 Å². The van der Waals surface area contributed by atoms with Gasteiger partial charge >= 0.3 is 0 Å². The Bertz CT molecular complexity index is 905. The molecule has 27 heavy (non-hydrogen) atoms. The number of halogens is 1. The van der Waals surface area contributed by atoms with Crippen LogP contribution in [0, 0.1) is 5.92 Å². The molecule has 1 aromatic carbocycles. The van der Waals surface area contributed by atoms with Crippen LogP contribution >= 0.6 is 15.9 Å². The van der Waals surface area contributed by atoms with Crippen molar-refractivity contribution in [2.24, 2.45) is 5.92 Å². The van der Waals surface area contributed by atoms with Gasteiger partial charge in [0, 0.05) is 41.0 Å². The van der Waals surface area contributed by atoms with E-state index in [1.165, 1.54) is 12.8 Å². The van der Waals surface area contributed by atoms with Crippen molar-refractivity contribution >= 4 is 32.7 Å². The molecule has 0 bridgehead atoms. The van der Waals surface area contributed by atoms with Gasteiger partial charge < -0.3 is 0 Å². The van der Waals surface area contributed by atoms with Gasteiger partial charge in [0.2, 0.25) is 0 Å². The zero-order chi connectivity index (χ0) is 19.2. The minimum absolute atomic E-state index is 0.480. The van der Waals surface area contributed by atoms with E-state index in [0.29, 0.717) is 5.78 Å². The Morgan fingerprint density at radius 1 is 1.22 bits per heavy atom. The lowest BCUT2D eigenvalue weighted by Crippen LogP contribution is -1.97. The summed E-state index contributed by atoms with van der Waals surface area (Å²) in [5.74, 6) is 1.22. The summed E-state index contributed by atoms with van der Waals surface area (Å²) in [5, 5.41) is 5.73. The maximum Gasteiger partial charge on any atom is 0.158 e. The van der Waals surface area contributed by atoms with E-state index in [2.05, 4.69) is 58.1 Å². The van der Waals surface area contributed by atoms with Gasteiger partial charge in [-0.1, -0.05) is 50.1 Å². The van der Waals surface area contributed by atoms with Crippen molar-refractivity contribution < 1.29 is 4.79 Å². The minimum Gasteiger partial charge on any atom is -0.300 e. The maximum absolute atomic E-state index is 10.7. The predicted molar refractivity (Wildman–Crippen MR) is 114 cm³/mol. The van der Waals surface area contributed by atoms with E-state index < -0.39 is 0 Å². The van der Waals surface area contributed by atoms with Gasteiger partial charge in [0.05, 0.1) is 0 Å². The molecule has 0 radical (unpaired) electrons. The highest BCUT2D eigenvalue weighted by Gasteiger charge is 2.20. The monoisotopic (exact) mass is 427 g/mol. The van der Waals surface area contributed by atoms with E-state index in [1.807, 2.05) is 29.1 Å². The number of pyridine rings is 1. The molecule has 4 nitrogen and oxygen atoms in total. The number of carbonyl (C=O) groups is 1. The van der Waals surface area contributed by atoms with Crippen molar-refractivity contribution in [2.75, 3.05) is 0 Å². The van der Waals surface area contributed by atoms with Crippen LogP contribution < -0.4 is 0 Å². The van der Waals surface area contributed by atoms with Crippen LogP contribution in [0.1, 0.15) is 46.0 Å². The molecule has 1 atom stereocenters. The number of aryl methyl sites for hydroxylation is 1. The molecule has 1 aliphatic rings. The van der Waals surface area contributed by atoms with E-state index in [-0.39, 0.29) is 0 Å². The second-order valence-corrected chi connectivity index (χ2v) is 7.91. The first-order chi connectivity index (χ1) is 13.1. The molecule has 0 spiro atoms. The second-order valence-electron chi connectivity index (χ2n) is 6.99. The number of rotatable bonds is 4. The molecular weight excluding hydrogens is 402 g/mol. The van der Waals surface area contributed by atoms with E-state index in [1.54, 1.807) is 0 Å². The first-order valence-corrected chi connectivity index (χ1v) is 10.5. The minimum atomic E-state index is 0.480. The number of ketones is 1. The average molecular weight is 428 g/mol. The third-order valence-electron chi connectivity index (χ3n) is 4.95. The fourth-order valence-electron chi connectivity index (χ4n) is 3.61. The van der Waals surface area contributed by atoms with Gasteiger partial charge in [-0.25, -0.2) is 9.67 Å². The summed E-state index contributed by atoms with van der Waals surface area (Å²) >= 11 is 3.47. The highest BCUT2D eigenvalue weighted by molar-refractivity contribution is 9.10. The average Bonchev–Trinajstić information content (AvgIpc) is 3.26. The number of Topliss-reactive ketones (excluding diaryl/α,β-unsaturated/α-hetero) is 1. The van der Waals surface area contributed by atoms with Crippen molar-refractivity contribution in [3.05, 3.63) is 47.1 Å². The fraction of sp³-hybridized carbons (Fsp3) is 0.409. The highest BCUT2D eigenvalue weighted by Crippen LogP contribution is 2.28. The van der Waals surface area contributed by atoms with Gasteiger partial charge in [0.25, 0.3) is 0 Å². The molecule has 1 fully saturated rings. The zero-order valence-electron chi connectivity index (χ0n) is 16.0.